The lowest BCUT2D eigenvalue weighted by atomic mass is 10.3. The van der Waals surface area contributed by atoms with Gasteiger partial charge in [-0.05, 0) is 28.1 Å². The van der Waals surface area contributed by atoms with Crippen LogP contribution < -0.4 is 5.73 Å². The second-order valence-electron chi connectivity index (χ2n) is 2.71. The Morgan fingerprint density at radius 3 is 2.77 bits per heavy atom. The summed E-state index contributed by atoms with van der Waals surface area (Å²) in [5, 5.41) is 4.08. The molecule has 0 spiro atoms. The largest absolute Gasteiger partial charge is 0.382 e. The predicted molar refractivity (Wildman–Crippen MR) is 58.6 cm³/mol. The number of nitrogens with two attached hydrogens (primary N) is 1. The van der Waals surface area contributed by atoms with Crippen LogP contribution in [0.5, 0.6) is 0 Å². The molecule has 2 aromatic heterocycles. The summed E-state index contributed by atoms with van der Waals surface area (Å²) in [5.41, 5.74) is 6.74. The van der Waals surface area contributed by atoms with E-state index in [2.05, 4.69) is 21.0 Å². The minimum absolute atomic E-state index is 0.580. The van der Waals surface area contributed by atoms with Crippen molar-refractivity contribution in [3.05, 3.63) is 22.1 Å². The van der Waals surface area contributed by atoms with Crippen LogP contribution in [0.25, 0.3) is 10.4 Å². The van der Waals surface area contributed by atoms with Crippen LogP contribution in [0.3, 0.4) is 0 Å². The number of nitrogen functional groups attached to an aromatic ring is 1. The molecule has 68 valence electrons. The molecule has 3 nitrogen and oxygen atoms in total. The molecule has 2 heterocycles. The molecule has 0 aromatic carbocycles. The number of hydrogen-bond donors (Lipinski definition) is 1. The Kier molecular flexibility index (Phi) is 2.13. The second kappa shape index (κ2) is 3.16. The van der Waals surface area contributed by atoms with Crippen LogP contribution in [0.1, 0.15) is 0 Å². The van der Waals surface area contributed by atoms with Crippen molar-refractivity contribution in [2.45, 2.75) is 0 Å². The summed E-state index contributed by atoms with van der Waals surface area (Å²) >= 11 is 5.06. The third-order valence-electron chi connectivity index (χ3n) is 1.70. The molecule has 0 bridgehead atoms. The SMILES string of the molecule is Cn1cc(-c2ccc(Br)s2)c(N)n1. The number of halogens is 1. The van der Waals surface area contributed by atoms with E-state index in [9.17, 15) is 0 Å². The predicted octanol–water partition coefficient (Wildman–Crippen LogP) is 2.49. The molecule has 0 atom stereocenters. The van der Waals surface area contributed by atoms with Gasteiger partial charge in [-0.15, -0.1) is 11.3 Å². The average molecular weight is 258 g/mol. The summed E-state index contributed by atoms with van der Waals surface area (Å²) in [6.07, 6.45) is 1.92. The first kappa shape index (κ1) is 8.77. The number of rotatable bonds is 1. The van der Waals surface area contributed by atoms with E-state index in [0.717, 1.165) is 14.2 Å². The third kappa shape index (κ3) is 1.62. The van der Waals surface area contributed by atoms with Crippen LogP contribution in [0.2, 0.25) is 0 Å². The Morgan fingerprint density at radius 2 is 2.31 bits per heavy atom. The van der Waals surface area contributed by atoms with E-state index in [1.807, 2.05) is 25.4 Å². The molecule has 0 aliphatic rings. The molecule has 0 saturated carbocycles. The second-order valence-corrected chi connectivity index (χ2v) is 5.17. The van der Waals surface area contributed by atoms with Crippen molar-refractivity contribution in [3.8, 4) is 10.4 Å². The lowest BCUT2D eigenvalue weighted by Gasteiger charge is -1.90. The van der Waals surface area contributed by atoms with Gasteiger partial charge in [0.05, 0.1) is 9.35 Å². The van der Waals surface area contributed by atoms with Gasteiger partial charge in [0.15, 0.2) is 5.82 Å². The average Bonchev–Trinajstić information content (AvgIpc) is 2.58. The van der Waals surface area contributed by atoms with Crippen LogP contribution in [0, 0.1) is 0 Å². The van der Waals surface area contributed by atoms with Crippen molar-refractivity contribution in [1.82, 2.24) is 9.78 Å². The van der Waals surface area contributed by atoms with Gasteiger partial charge >= 0.3 is 0 Å². The van der Waals surface area contributed by atoms with Crippen molar-refractivity contribution < 1.29 is 0 Å². The number of aryl methyl sites for hydroxylation is 1. The summed E-state index contributed by atoms with van der Waals surface area (Å²) in [6.45, 7) is 0. The molecule has 0 unspecified atom stereocenters. The van der Waals surface area contributed by atoms with Crippen LogP contribution in [-0.4, -0.2) is 9.78 Å². The number of nitrogens with zero attached hydrogens (tertiary/aromatic N) is 2. The highest BCUT2D eigenvalue weighted by molar-refractivity contribution is 9.11. The molecule has 2 aromatic rings. The zero-order valence-electron chi connectivity index (χ0n) is 6.99. The van der Waals surface area contributed by atoms with Crippen molar-refractivity contribution in [2.75, 3.05) is 5.73 Å². The van der Waals surface area contributed by atoms with Crippen molar-refractivity contribution in [3.63, 3.8) is 0 Å². The fourth-order valence-electron chi connectivity index (χ4n) is 1.15. The molecular weight excluding hydrogens is 250 g/mol. The van der Waals surface area contributed by atoms with Gasteiger partial charge in [0.25, 0.3) is 0 Å². The Balaban J connectivity index is 2.51. The van der Waals surface area contributed by atoms with E-state index in [4.69, 9.17) is 5.73 Å². The van der Waals surface area contributed by atoms with Crippen molar-refractivity contribution in [1.29, 1.82) is 0 Å². The quantitative estimate of drug-likeness (QED) is 0.854. The molecule has 2 rings (SSSR count). The van der Waals surface area contributed by atoms with Gasteiger partial charge in [0, 0.05) is 18.1 Å². The van der Waals surface area contributed by atoms with Crippen LogP contribution >= 0.6 is 27.3 Å². The third-order valence-corrected chi connectivity index (χ3v) is 3.35. The van der Waals surface area contributed by atoms with Crippen LogP contribution in [0.4, 0.5) is 5.82 Å². The van der Waals surface area contributed by atoms with Crippen molar-refractivity contribution >= 4 is 33.1 Å². The highest BCUT2D eigenvalue weighted by Crippen LogP contribution is 2.33. The van der Waals surface area contributed by atoms with E-state index < -0.39 is 0 Å². The number of hydrogen-bond acceptors (Lipinski definition) is 3. The normalized spacial score (nSPS) is 10.6. The maximum absolute atomic E-state index is 5.74. The van der Waals surface area contributed by atoms with E-state index in [0.29, 0.717) is 5.82 Å². The van der Waals surface area contributed by atoms with Gasteiger partial charge in [-0.2, -0.15) is 5.10 Å². The first-order valence-electron chi connectivity index (χ1n) is 3.71. The molecular formula is C8H8BrN3S. The van der Waals surface area contributed by atoms with Gasteiger partial charge in [0.1, 0.15) is 0 Å². The summed E-state index contributed by atoms with van der Waals surface area (Å²) in [5.74, 6) is 0.580. The first-order chi connectivity index (χ1) is 6.16. The fraction of sp³-hybridized carbons (Fsp3) is 0.125. The fourth-order valence-corrected chi connectivity index (χ4v) is 2.56. The van der Waals surface area contributed by atoms with Gasteiger partial charge in [-0.1, -0.05) is 0 Å². The van der Waals surface area contributed by atoms with E-state index in [1.165, 1.54) is 0 Å². The molecule has 0 amide bonds. The van der Waals surface area contributed by atoms with E-state index in [1.54, 1.807) is 16.0 Å². The molecule has 0 radical (unpaired) electrons. The maximum Gasteiger partial charge on any atom is 0.154 e. The Morgan fingerprint density at radius 1 is 1.54 bits per heavy atom. The molecule has 0 saturated heterocycles. The van der Waals surface area contributed by atoms with Gasteiger partial charge in [0.2, 0.25) is 0 Å². The van der Waals surface area contributed by atoms with Gasteiger partial charge in [-0.3, -0.25) is 4.68 Å². The lowest BCUT2D eigenvalue weighted by Crippen LogP contribution is -1.90. The van der Waals surface area contributed by atoms with E-state index in [-0.39, 0.29) is 0 Å². The molecule has 0 aliphatic heterocycles. The summed E-state index contributed by atoms with van der Waals surface area (Å²) < 4.78 is 2.82. The highest BCUT2D eigenvalue weighted by Gasteiger charge is 2.08. The Hall–Kier alpha value is -0.810. The number of thiophene rings is 1. The van der Waals surface area contributed by atoms with Gasteiger partial charge in [-0.25, -0.2) is 0 Å². The lowest BCUT2D eigenvalue weighted by molar-refractivity contribution is 0.772. The molecule has 0 fully saturated rings. The van der Waals surface area contributed by atoms with Gasteiger partial charge < -0.3 is 5.73 Å². The summed E-state index contributed by atoms with van der Waals surface area (Å²) in [4.78, 5) is 1.14. The molecule has 0 aliphatic carbocycles. The summed E-state index contributed by atoms with van der Waals surface area (Å²) in [7, 11) is 1.86. The minimum Gasteiger partial charge on any atom is -0.382 e. The maximum atomic E-state index is 5.74. The first-order valence-corrected chi connectivity index (χ1v) is 5.32. The Labute approximate surface area is 88.3 Å². The minimum atomic E-state index is 0.580. The van der Waals surface area contributed by atoms with Crippen molar-refractivity contribution in [2.24, 2.45) is 7.05 Å². The molecule has 13 heavy (non-hydrogen) atoms. The topological polar surface area (TPSA) is 43.8 Å². The number of anilines is 1. The number of aromatic nitrogens is 2. The monoisotopic (exact) mass is 257 g/mol. The van der Waals surface area contributed by atoms with Crippen LogP contribution in [-0.2, 0) is 7.05 Å². The zero-order chi connectivity index (χ0) is 9.42. The zero-order valence-corrected chi connectivity index (χ0v) is 9.39. The molecule has 2 N–H and O–H groups in total. The molecule has 5 heteroatoms. The van der Waals surface area contributed by atoms with E-state index >= 15 is 0 Å². The highest BCUT2D eigenvalue weighted by atomic mass is 79.9. The smallest absolute Gasteiger partial charge is 0.154 e. The standard InChI is InChI=1S/C8H8BrN3S/c1-12-4-5(8(10)11-12)6-2-3-7(9)13-6/h2-4H,1H3,(H2,10,11). The Bertz CT molecular complexity index is 432. The summed E-state index contributed by atoms with van der Waals surface area (Å²) in [6, 6.07) is 4.04. The van der Waals surface area contributed by atoms with Crippen LogP contribution in [0.15, 0.2) is 22.1 Å².